The van der Waals surface area contributed by atoms with E-state index in [-0.39, 0.29) is 12.5 Å². The van der Waals surface area contributed by atoms with Crippen LogP contribution in [0.3, 0.4) is 0 Å². The van der Waals surface area contributed by atoms with Gasteiger partial charge >= 0.3 is 0 Å². The summed E-state index contributed by atoms with van der Waals surface area (Å²) in [5.74, 6) is 0.971. The molecular formula is C27H25ClN4O3. The number of hydrazone groups is 1. The van der Waals surface area contributed by atoms with Gasteiger partial charge in [-0.1, -0.05) is 36.7 Å². The van der Waals surface area contributed by atoms with Crippen molar-refractivity contribution in [1.82, 2.24) is 15.2 Å². The summed E-state index contributed by atoms with van der Waals surface area (Å²) in [4.78, 5) is 12.2. The van der Waals surface area contributed by atoms with Crippen LogP contribution in [-0.2, 0) is 4.79 Å². The minimum atomic E-state index is -0.384. The van der Waals surface area contributed by atoms with Crippen LogP contribution in [0.2, 0.25) is 5.02 Å². The van der Waals surface area contributed by atoms with E-state index >= 15 is 0 Å². The second-order valence-corrected chi connectivity index (χ2v) is 8.06. The third-order valence-electron chi connectivity index (χ3n) is 4.94. The van der Waals surface area contributed by atoms with E-state index in [2.05, 4.69) is 17.5 Å². The van der Waals surface area contributed by atoms with Gasteiger partial charge in [0, 0.05) is 22.3 Å². The number of hydrogen-bond acceptors (Lipinski definition) is 5. The minimum Gasteiger partial charge on any atom is -0.494 e. The van der Waals surface area contributed by atoms with Crippen molar-refractivity contribution >= 4 is 23.7 Å². The minimum absolute atomic E-state index is 0.172. The number of nitrogens with zero attached hydrogens (tertiary/aromatic N) is 3. The lowest BCUT2D eigenvalue weighted by molar-refractivity contribution is -0.123. The monoisotopic (exact) mass is 488 g/mol. The van der Waals surface area contributed by atoms with Crippen LogP contribution in [0.15, 0.2) is 90.2 Å². The van der Waals surface area contributed by atoms with Crippen molar-refractivity contribution in [2.24, 2.45) is 5.10 Å². The lowest BCUT2D eigenvalue weighted by Gasteiger charge is -2.06. The Bertz CT molecular complexity index is 1270. The van der Waals surface area contributed by atoms with Crippen LogP contribution >= 0.6 is 11.6 Å². The second kappa shape index (κ2) is 11.9. The summed E-state index contributed by atoms with van der Waals surface area (Å²) in [6.07, 6.45) is 4.38. The maximum atomic E-state index is 12.2. The van der Waals surface area contributed by atoms with Gasteiger partial charge in [-0.15, -0.1) is 0 Å². The summed E-state index contributed by atoms with van der Waals surface area (Å²) in [5, 5.41) is 9.47. The van der Waals surface area contributed by atoms with E-state index in [4.69, 9.17) is 26.2 Å². The fourth-order valence-electron chi connectivity index (χ4n) is 3.23. The molecule has 1 heterocycles. The molecule has 0 radical (unpaired) electrons. The molecule has 8 heteroatoms. The predicted octanol–water partition coefficient (Wildman–Crippen LogP) is 5.51. The van der Waals surface area contributed by atoms with Crippen LogP contribution in [0.5, 0.6) is 11.5 Å². The molecule has 178 valence electrons. The standard InChI is InChI=1S/C27H25ClN4O3/c1-2-16-34-24-12-8-20(9-13-24)27-21(18-32(31-27)23-6-4-3-5-7-23)17-29-30-26(33)19-35-25-14-10-22(28)11-15-25/h3-15,17-18H,2,16,19H2,1H3,(H,30,33)/b29-17+. The number of nitrogens with one attached hydrogen (secondary N) is 1. The molecule has 3 aromatic carbocycles. The first-order valence-corrected chi connectivity index (χ1v) is 11.6. The highest BCUT2D eigenvalue weighted by molar-refractivity contribution is 6.30. The summed E-state index contributed by atoms with van der Waals surface area (Å²) in [7, 11) is 0. The third-order valence-corrected chi connectivity index (χ3v) is 5.19. The van der Waals surface area contributed by atoms with Gasteiger partial charge in [-0.2, -0.15) is 10.2 Å². The van der Waals surface area contributed by atoms with Crippen LogP contribution in [0.25, 0.3) is 16.9 Å². The molecule has 0 bridgehead atoms. The van der Waals surface area contributed by atoms with E-state index in [1.165, 1.54) is 0 Å². The molecule has 0 atom stereocenters. The molecule has 0 aliphatic rings. The van der Waals surface area contributed by atoms with Crippen molar-refractivity contribution in [3.05, 3.63) is 95.6 Å². The lowest BCUT2D eigenvalue weighted by atomic mass is 10.1. The fourth-order valence-corrected chi connectivity index (χ4v) is 3.36. The number of aromatic nitrogens is 2. The van der Waals surface area contributed by atoms with E-state index in [1.807, 2.05) is 60.8 Å². The molecule has 0 aliphatic heterocycles. The summed E-state index contributed by atoms with van der Waals surface area (Å²) < 4.78 is 12.9. The molecular weight excluding hydrogens is 464 g/mol. The van der Waals surface area contributed by atoms with Crippen molar-refractivity contribution < 1.29 is 14.3 Å². The van der Waals surface area contributed by atoms with Crippen LogP contribution in [0.1, 0.15) is 18.9 Å². The normalized spacial score (nSPS) is 10.9. The third kappa shape index (κ3) is 6.71. The number of halogens is 1. The molecule has 0 saturated heterocycles. The van der Waals surface area contributed by atoms with Crippen molar-refractivity contribution in [2.75, 3.05) is 13.2 Å². The number of hydrogen-bond donors (Lipinski definition) is 1. The van der Waals surface area contributed by atoms with Crippen LogP contribution in [-0.4, -0.2) is 35.1 Å². The SMILES string of the molecule is CCCOc1ccc(-c2nn(-c3ccccc3)cc2/C=N/NC(=O)COc2ccc(Cl)cc2)cc1. The highest BCUT2D eigenvalue weighted by Crippen LogP contribution is 2.25. The molecule has 1 aromatic heterocycles. The van der Waals surface area contributed by atoms with Gasteiger partial charge in [-0.3, -0.25) is 4.79 Å². The Kier molecular flexibility index (Phi) is 8.14. The highest BCUT2D eigenvalue weighted by atomic mass is 35.5. The topological polar surface area (TPSA) is 77.7 Å². The lowest BCUT2D eigenvalue weighted by Crippen LogP contribution is -2.24. The summed E-state index contributed by atoms with van der Waals surface area (Å²) in [6, 6.07) is 24.3. The van der Waals surface area contributed by atoms with E-state index in [9.17, 15) is 4.79 Å². The Balaban J connectivity index is 1.49. The molecule has 0 aliphatic carbocycles. The average Bonchev–Trinajstić information content (AvgIpc) is 3.32. The smallest absolute Gasteiger partial charge is 0.277 e. The Labute approximate surface area is 209 Å². The van der Waals surface area contributed by atoms with Crippen molar-refractivity contribution in [1.29, 1.82) is 0 Å². The van der Waals surface area contributed by atoms with Gasteiger partial charge in [0.2, 0.25) is 0 Å². The number of ether oxygens (including phenoxy) is 2. The molecule has 35 heavy (non-hydrogen) atoms. The second-order valence-electron chi connectivity index (χ2n) is 7.62. The fraction of sp³-hybridized carbons (Fsp3) is 0.148. The molecule has 0 spiro atoms. The van der Waals surface area contributed by atoms with Gasteiger partial charge in [0.15, 0.2) is 6.61 Å². The van der Waals surface area contributed by atoms with Crippen molar-refractivity contribution in [3.8, 4) is 28.4 Å². The van der Waals surface area contributed by atoms with Gasteiger partial charge in [-0.25, -0.2) is 10.1 Å². The summed E-state index contributed by atoms with van der Waals surface area (Å²) in [5.41, 5.74) is 5.79. The molecule has 4 rings (SSSR count). The van der Waals surface area contributed by atoms with Crippen LogP contribution < -0.4 is 14.9 Å². The maximum absolute atomic E-state index is 12.2. The molecule has 4 aromatic rings. The first kappa shape index (κ1) is 24.0. The Morgan fingerprint density at radius 2 is 1.69 bits per heavy atom. The van der Waals surface area contributed by atoms with Gasteiger partial charge < -0.3 is 9.47 Å². The first-order chi connectivity index (χ1) is 17.1. The average molecular weight is 489 g/mol. The molecule has 7 nitrogen and oxygen atoms in total. The Morgan fingerprint density at radius 3 is 2.40 bits per heavy atom. The quantitative estimate of drug-likeness (QED) is 0.236. The zero-order chi connectivity index (χ0) is 24.5. The summed E-state index contributed by atoms with van der Waals surface area (Å²) in [6.45, 7) is 2.56. The number of carbonyl (C=O) groups excluding carboxylic acids is 1. The van der Waals surface area contributed by atoms with Crippen LogP contribution in [0, 0.1) is 0 Å². The number of benzene rings is 3. The van der Waals surface area contributed by atoms with E-state index in [1.54, 1.807) is 35.2 Å². The highest BCUT2D eigenvalue weighted by Gasteiger charge is 2.12. The van der Waals surface area contributed by atoms with Gasteiger partial charge in [0.25, 0.3) is 5.91 Å². The van der Waals surface area contributed by atoms with Gasteiger partial charge in [0.1, 0.15) is 17.2 Å². The molecule has 0 saturated carbocycles. The van der Waals surface area contributed by atoms with Gasteiger partial charge in [-0.05, 0) is 67.1 Å². The van der Waals surface area contributed by atoms with Gasteiger partial charge in [0.05, 0.1) is 18.5 Å². The van der Waals surface area contributed by atoms with E-state index < -0.39 is 0 Å². The van der Waals surface area contributed by atoms with E-state index in [0.29, 0.717) is 17.4 Å². The maximum Gasteiger partial charge on any atom is 0.277 e. The molecule has 0 unspecified atom stereocenters. The zero-order valence-electron chi connectivity index (χ0n) is 19.2. The molecule has 1 N–H and O–H groups in total. The summed E-state index contributed by atoms with van der Waals surface area (Å²) >= 11 is 5.86. The van der Waals surface area contributed by atoms with Crippen LogP contribution in [0.4, 0.5) is 0 Å². The Hall–Kier alpha value is -4.10. The number of para-hydroxylation sites is 1. The largest absolute Gasteiger partial charge is 0.494 e. The predicted molar refractivity (Wildman–Crippen MR) is 137 cm³/mol. The molecule has 0 fully saturated rings. The zero-order valence-corrected chi connectivity index (χ0v) is 20.0. The number of carbonyl (C=O) groups is 1. The van der Waals surface area contributed by atoms with Crippen molar-refractivity contribution in [2.45, 2.75) is 13.3 Å². The molecule has 1 amide bonds. The van der Waals surface area contributed by atoms with E-state index in [0.717, 1.165) is 34.7 Å². The number of rotatable bonds is 10. The first-order valence-electron chi connectivity index (χ1n) is 11.2. The van der Waals surface area contributed by atoms with Crippen molar-refractivity contribution in [3.63, 3.8) is 0 Å². The number of amides is 1. The Morgan fingerprint density at radius 1 is 1.00 bits per heavy atom.